The van der Waals surface area contributed by atoms with E-state index < -0.39 is 11.4 Å². The van der Waals surface area contributed by atoms with Gasteiger partial charge in [-0.1, -0.05) is 18.2 Å². The van der Waals surface area contributed by atoms with Gasteiger partial charge in [-0.2, -0.15) is 10.1 Å². The maximum Gasteiger partial charge on any atom is 0.301 e. The molecule has 3 aromatic rings. The molecule has 1 unspecified atom stereocenters. The summed E-state index contributed by atoms with van der Waals surface area (Å²) in [5.41, 5.74) is 10.9. The van der Waals surface area contributed by atoms with Crippen LogP contribution in [0.5, 0.6) is 5.75 Å². The van der Waals surface area contributed by atoms with E-state index in [9.17, 15) is 9.59 Å². The lowest BCUT2D eigenvalue weighted by Gasteiger charge is -2.27. The second kappa shape index (κ2) is 9.71. The Morgan fingerprint density at radius 3 is 2.81 bits per heavy atom. The summed E-state index contributed by atoms with van der Waals surface area (Å²) in [6.07, 6.45) is 3.65. The number of carbonyl (C=O) groups excluding carboxylic acids is 2. The zero-order valence-electron chi connectivity index (χ0n) is 17.6. The average molecular weight is 437 g/mol. The van der Waals surface area contributed by atoms with Crippen molar-refractivity contribution in [2.75, 3.05) is 7.11 Å². The Balaban J connectivity index is 1.97. The summed E-state index contributed by atoms with van der Waals surface area (Å²) in [5, 5.41) is 4.38. The second-order valence-electron chi connectivity index (χ2n) is 6.78. The molecule has 0 aliphatic rings. The van der Waals surface area contributed by atoms with E-state index in [1.54, 1.807) is 37.3 Å². The minimum absolute atomic E-state index is 0.110. The molecular formula is C21H23N7O4. The number of methoxy groups -OCH3 is 1. The van der Waals surface area contributed by atoms with Crippen LogP contribution in [-0.2, 0) is 16.9 Å². The van der Waals surface area contributed by atoms with Crippen LogP contribution in [0.1, 0.15) is 28.6 Å². The van der Waals surface area contributed by atoms with Crippen LogP contribution in [0, 0.1) is 0 Å². The Labute approximate surface area is 184 Å². The number of rotatable bonds is 9. The summed E-state index contributed by atoms with van der Waals surface area (Å²) in [7, 11) is 1.52. The Bertz CT molecular complexity index is 1140. The second-order valence-corrected chi connectivity index (χ2v) is 6.78. The Morgan fingerprint density at radius 1 is 1.38 bits per heavy atom. The van der Waals surface area contributed by atoms with Gasteiger partial charge in [0.2, 0.25) is 5.96 Å². The number of ether oxygens (including phenoxy) is 1. The van der Waals surface area contributed by atoms with E-state index in [1.165, 1.54) is 30.3 Å². The fourth-order valence-electron chi connectivity index (χ4n) is 3.08. The highest BCUT2D eigenvalue weighted by molar-refractivity contribution is 5.91. The molecular weight excluding hydrogens is 414 g/mol. The monoisotopic (exact) mass is 437 g/mol. The molecule has 1 amide bonds. The van der Waals surface area contributed by atoms with Gasteiger partial charge in [-0.15, -0.1) is 0 Å². The number of aromatic nitrogens is 2. The Kier molecular flexibility index (Phi) is 6.80. The van der Waals surface area contributed by atoms with Gasteiger partial charge >= 0.3 is 5.91 Å². The van der Waals surface area contributed by atoms with Crippen molar-refractivity contribution in [2.45, 2.75) is 19.0 Å². The number of nitrogens with zero attached hydrogens (tertiary/aromatic N) is 4. The Morgan fingerprint density at radius 2 is 2.16 bits per heavy atom. The van der Waals surface area contributed by atoms with Gasteiger partial charge in [-0.25, -0.2) is 15.1 Å². The summed E-state index contributed by atoms with van der Waals surface area (Å²) in [5.74, 6) is 0.353. The number of amides is 1. The van der Waals surface area contributed by atoms with Gasteiger partial charge in [-0.05, 0) is 31.8 Å². The van der Waals surface area contributed by atoms with Crippen molar-refractivity contribution < 1.29 is 18.7 Å². The number of aliphatic imine (C=N–C) groups is 2. The van der Waals surface area contributed by atoms with Gasteiger partial charge in [0, 0.05) is 17.7 Å². The number of benzene rings is 1. The van der Waals surface area contributed by atoms with Crippen LogP contribution in [-0.4, -0.2) is 41.8 Å². The summed E-state index contributed by atoms with van der Waals surface area (Å²) in [6, 6.07) is 10.2. The molecule has 166 valence electrons. The molecule has 2 aromatic heterocycles. The molecule has 4 N–H and O–H groups in total. The molecule has 11 heteroatoms. The van der Waals surface area contributed by atoms with Crippen LogP contribution in [0.15, 0.2) is 63.3 Å². The predicted molar refractivity (Wildman–Crippen MR) is 118 cm³/mol. The molecule has 0 spiro atoms. The highest BCUT2D eigenvalue weighted by atomic mass is 16.5. The highest BCUT2D eigenvalue weighted by Gasteiger charge is 2.35. The quantitative estimate of drug-likeness (QED) is 0.199. The number of hydrazine groups is 1. The van der Waals surface area contributed by atoms with Crippen molar-refractivity contribution in [2.24, 2.45) is 15.7 Å². The number of nitrogens with one attached hydrogen (secondary N) is 2. The molecule has 1 aromatic carbocycles. The van der Waals surface area contributed by atoms with Crippen molar-refractivity contribution in [1.82, 2.24) is 20.6 Å². The van der Waals surface area contributed by atoms with Crippen molar-refractivity contribution >= 4 is 30.7 Å². The van der Waals surface area contributed by atoms with E-state index in [-0.39, 0.29) is 24.1 Å². The fourth-order valence-corrected chi connectivity index (χ4v) is 3.08. The van der Waals surface area contributed by atoms with E-state index in [1.807, 2.05) is 0 Å². The van der Waals surface area contributed by atoms with Gasteiger partial charge in [-0.3, -0.25) is 10.2 Å². The van der Waals surface area contributed by atoms with Crippen molar-refractivity contribution in [3.8, 4) is 5.75 Å². The van der Waals surface area contributed by atoms with Gasteiger partial charge < -0.3 is 19.7 Å². The molecule has 11 nitrogen and oxygen atoms in total. The van der Waals surface area contributed by atoms with E-state index in [0.29, 0.717) is 16.9 Å². The largest absolute Gasteiger partial charge is 0.496 e. The van der Waals surface area contributed by atoms with E-state index in [4.69, 9.17) is 14.9 Å². The van der Waals surface area contributed by atoms with Gasteiger partial charge in [0.25, 0.3) is 0 Å². The van der Waals surface area contributed by atoms with Crippen molar-refractivity contribution in [3.63, 3.8) is 0 Å². The number of hydrogen-bond acceptors (Lipinski definition) is 7. The number of furan rings is 1. The van der Waals surface area contributed by atoms with Gasteiger partial charge in [0.1, 0.15) is 11.3 Å². The third-order valence-electron chi connectivity index (χ3n) is 4.75. The van der Waals surface area contributed by atoms with E-state index >= 15 is 0 Å². The normalized spacial score (nSPS) is 13.2. The van der Waals surface area contributed by atoms with Crippen molar-refractivity contribution in [3.05, 3.63) is 65.7 Å². The first-order valence-electron chi connectivity index (χ1n) is 9.49. The average Bonchev–Trinajstić information content (AvgIpc) is 3.49. The first kappa shape index (κ1) is 22.4. The van der Waals surface area contributed by atoms with E-state index in [2.05, 4.69) is 32.7 Å². The molecule has 1 atom stereocenters. The number of aldehydes is 1. The summed E-state index contributed by atoms with van der Waals surface area (Å²) in [4.78, 5) is 32.3. The molecule has 32 heavy (non-hydrogen) atoms. The molecule has 0 fully saturated rings. The predicted octanol–water partition coefficient (Wildman–Crippen LogP) is 1.53. The van der Waals surface area contributed by atoms with Crippen LogP contribution in [0.25, 0.3) is 0 Å². The Hall–Kier alpha value is -4.25. The molecule has 3 rings (SSSR count). The minimum atomic E-state index is -1.28. The molecule has 0 radical (unpaired) electrons. The van der Waals surface area contributed by atoms with Crippen LogP contribution in [0.4, 0.5) is 5.82 Å². The molecule has 0 bridgehead atoms. The van der Waals surface area contributed by atoms with Crippen LogP contribution < -0.4 is 21.3 Å². The number of para-hydroxylation sites is 1. The van der Waals surface area contributed by atoms with E-state index in [0.717, 1.165) is 6.29 Å². The van der Waals surface area contributed by atoms with Gasteiger partial charge in [0.05, 0.1) is 19.6 Å². The minimum Gasteiger partial charge on any atom is -0.496 e. The molecule has 0 saturated heterocycles. The standard InChI is InChI=1S/C21H23N7O4/c1-21(13-29,15-7-4-5-8-16(15)31-3)28-18(26-20(22)23-2)14(12-25-28)11-24-27-19(30)17-9-6-10-32-17/h4-10,12-13,24H,2,11H2,1,3H3,(H2,22,26)(H,27,30). The summed E-state index contributed by atoms with van der Waals surface area (Å²) in [6.45, 7) is 5.17. The summed E-state index contributed by atoms with van der Waals surface area (Å²) < 4.78 is 11.9. The first-order valence-corrected chi connectivity index (χ1v) is 9.49. The summed E-state index contributed by atoms with van der Waals surface area (Å²) >= 11 is 0. The number of carbonyl (C=O) groups is 2. The smallest absolute Gasteiger partial charge is 0.301 e. The van der Waals surface area contributed by atoms with Crippen LogP contribution >= 0.6 is 0 Å². The lowest BCUT2D eigenvalue weighted by Crippen LogP contribution is -2.37. The van der Waals surface area contributed by atoms with Crippen LogP contribution in [0.3, 0.4) is 0 Å². The lowest BCUT2D eigenvalue weighted by molar-refractivity contribution is -0.113. The molecule has 0 saturated carbocycles. The third kappa shape index (κ3) is 4.42. The van der Waals surface area contributed by atoms with Crippen LogP contribution in [0.2, 0.25) is 0 Å². The maximum atomic E-state index is 12.3. The van der Waals surface area contributed by atoms with Crippen molar-refractivity contribution in [1.29, 1.82) is 0 Å². The third-order valence-corrected chi connectivity index (χ3v) is 4.75. The molecule has 0 aliphatic heterocycles. The molecule has 2 heterocycles. The topological polar surface area (TPSA) is 149 Å². The highest BCUT2D eigenvalue weighted by Crippen LogP contribution is 2.35. The maximum absolute atomic E-state index is 12.3. The first-order chi connectivity index (χ1) is 15.4. The number of hydrogen-bond donors (Lipinski definition) is 3. The number of guanidine groups is 1. The SMILES string of the molecule is C=N/C(N)=N\c1c(CNNC(=O)c2ccco2)cnn1C(C)(C=O)c1ccccc1OC. The zero-order chi connectivity index (χ0) is 23.1. The fraction of sp³-hybridized carbons (Fsp3) is 0.190. The van der Waals surface area contributed by atoms with Gasteiger partial charge in [0.15, 0.2) is 17.9 Å². The lowest BCUT2D eigenvalue weighted by atomic mass is 9.92. The zero-order valence-corrected chi connectivity index (χ0v) is 17.6. The molecule has 0 aliphatic carbocycles. The number of nitrogens with two attached hydrogens (primary N) is 1.